The van der Waals surface area contributed by atoms with Crippen LogP contribution in [0.15, 0.2) is 12.3 Å². The van der Waals surface area contributed by atoms with Gasteiger partial charge in [0.2, 0.25) is 0 Å². The Morgan fingerprint density at radius 1 is 1.40 bits per heavy atom. The van der Waals surface area contributed by atoms with Gasteiger partial charge in [-0.2, -0.15) is 5.10 Å². The molecule has 2 heterocycles. The highest BCUT2D eigenvalue weighted by atomic mass is 16.5. The first-order valence-electron chi connectivity index (χ1n) is 5.80. The third-order valence-electron chi connectivity index (χ3n) is 3.14. The van der Waals surface area contributed by atoms with Crippen molar-refractivity contribution < 1.29 is 4.74 Å². The van der Waals surface area contributed by atoms with E-state index >= 15 is 0 Å². The molecule has 1 saturated heterocycles. The fourth-order valence-electron chi connectivity index (χ4n) is 2.29. The molecule has 0 bridgehead atoms. The number of nitrogens with zero attached hydrogens (tertiary/aromatic N) is 2. The molecule has 0 spiro atoms. The summed E-state index contributed by atoms with van der Waals surface area (Å²) in [5.41, 5.74) is 2.50. The normalized spacial score (nSPS) is 25.2. The Bertz CT molecular complexity index is 375. The van der Waals surface area contributed by atoms with Gasteiger partial charge >= 0.3 is 0 Å². The first kappa shape index (κ1) is 9.16. The standard InChI is InChI=1S/C12H16N2O/c1-2-6-11-10(5-1)9-14(13-11)12-7-3-4-8-15-12/h1,5,9,12H,2-4,6-8H2. The van der Waals surface area contributed by atoms with Gasteiger partial charge in [0.1, 0.15) is 6.23 Å². The average Bonchev–Trinajstić information content (AvgIpc) is 2.74. The summed E-state index contributed by atoms with van der Waals surface area (Å²) in [4.78, 5) is 0. The third-order valence-corrected chi connectivity index (χ3v) is 3.14. The summed E-state index contributed by atoms with van der Waals surface area (Å²) < 4.78 is 7.73. The van der Waals surface area contributed by atoms with Crippen LogP contribution in [0.3, 0.4) is 0 Å². The van der Waals surface area contributed by atoms with Crippen LogP contribution in [0.25, 0.3) is 6.08 Å². The van der Waals surface area contributed by atoms with Gasteiger partial charge in [-0.15, -0.1) is 0 Å². The minimum absolute atomic E-state index is 0.178. The van der Waals surface area contributed by atoms with Gasteiger partial charge in [-0.3, -0.25) is 0 Å². The van der Waals surface area contributed by atoms with Crippen LogP contribution < -0.4 is 0 Å². The molecule has 15 heavy (non-hydrogen) atoms. The summed E-state index contributed by atoms with van der Waals surface area (Å²) in [6.07, 6.45) is 12.4. The van der Waals surface area contributed by atoms with Crippen molar-refractivity contribution in [1.82, 2.24) is 9.78 Å². The Morgan fingerprint density at radius 3 is 3.20 bits per heavy atom. The van der Waals surface area contributed by atoms with Crippen molar-refractivity contribution in [2.75, 3.05) is 6.61 Å². The Morgan fingerprint density at radius 2 is 2.40 bits per heavy atom. The highest BCUT2D eigenvalue weighted by Crippen LogP contribution is 2.25. The molecule has 80 valence electrons. The first-order chi connectivity index (χ1) is 7.43. The molecule has 3 nitrogen and oxygen atoms in total. The zero-order valence-electron chi connectivity index (χ0n) is 8.85. The minimum atomic E-state index is 0.178. The summed E-state index contributed by atoms with van der Waals surface area (Å²) in [6, 6.07) is 0. The van der Waals surface area contributed by atoms with Crippen LogP contribution >= 0.6 is 0 Å². The second-order valence-corrected chi connectivity index (χ2v) is 4.27. The van der Waals surface area contributed by atoms with Crippen LogP contribution in [0, 0.1) is 0 Å². The molecular weight excluding hydrogens is 188 g/mol. The summed E-state index contributed by atoms with van der Waals surface area (Å²) in [5.74, 6) is 0. The Hall–Kier alpha value is -1.09. The monoisotopic (exact) mass is 204 g/mol. The van der Waals surface area contributed by atoms with Crippen molar-refractivity contribution >= 4 is 6.08 Å². The van der Waals surface area contributed by atoms with E-state index in [0.29, 0.717) is 0 Å². The largest absolute Gasteiger partial charge is 0.357 e. The maximum absolute atomic E-state index is 5.72. The lowest BCUT2D eigenvalue weighted by Crippen LogP contribution is -2.18. The van der Waals surface area contributed by atoms with Gasteiger partial charge in [-0.1, -0.05) is 12.2 Å². The number of rotatable bonds is 1. The van der Waals surface area contributed by atoms with Crippen molar-refractivity contribution in [3.8, 4) is 0 Å². The minimum Gasteiger partial charge on any atom is -0.357 e. The van der Waals surface area contributed by atoms with E-state index in [9.17, 15) is 0 Å². The van der Waals surface area contributed by atoms with Crippen molar-refractivity contribution in [2.45, 2.75) is 38.3 Å². The maximum Gasteiger partial charge on any atom is 0.150 e. The van der Waals surface area contributed by atoms with Crippen molar-refractivity contribution in [2.24, 2.45) is 0 Å². The predicted molar refractivity (Wildman–Crippen MR) is 58.4 cm³/mol. The third kappa shape index (κ3) is 1.72. The number of fused-ring (bicyclic) bond motifs is 1. The van der Waals surface area contributed by atoms with Gasteiger partial charge in [0.25, 0.3) is 0 Å². The van der Waals surface area contributed by atoms with E-state index in [1.54, 1.807) is 0 Å². The fourth-order valence-corrected chi connectivity index (χ4v) is 2.29. The van der Waals surface area contributed by atoms with Crippen LogP contribution in [-0.2, 0) is 11.2 Å². The molecule has 3 rings (SSSR count). The summed E-state index contributed by atoms with van der Waals surface area (Å²) in [6.45, 7) is 0.880. The molecule has 0 saturated carbocycles. The Balaban J connectivity index is 1.85. The van der Waals surface area contributed by atoms with E-state index in [1.165, 1.54) is 24.1 Å². The van der Waals surface area contributed by atoms with Crippen LogP contribution in [-0.4, -0.2) is 16.4 Å². The Kier molecular flexibility index (Phi) is 2.33. The van der Waals surface area contributed by atoms with E-state index in [0.717, 1.165) is 25.9 Å². The SMILES string of the molecule is C1=Cc2cn(C3CCCCO3)nc2CC1. The molecule has 1 fully saturated rings. The molecule has 1 atom stereocenters. The van der Waals surface area contributed by atoms with Gasteiger partial charge in [-0.05, 0) is 32.1 Å². The van der Waals surface area contributed by atoms with Crippen LogP contribution in [0.5, 0.6) is 0 Å². The lowest BCUT2D eigenvalue weighted by Gasteiger charge is -2.22. The van der Waals surface area contributed by atoms with E-state index < -0.39 is 0 Å². The molecule has 1 unspecified atom stereocenters. The fraction of sp³-hybridized carbons (Fsp3) is 0.583. The molecule has 3 heteroatoms. The second-order valence-electron chi connectivity index (χ2n) is 4.27. The molecule has 0 N–H and O–H groups in total. The van der Waals surface area contributed by atoms with E-state index in [1.807, 2.05) is 4.68 Å². The molecule has 0 amide bonds. The van der Waals surface area contributed by atoms with E-state index in [-0.39, 0.29) is 6.23 Å². The van der Waals surface area contributed by atoms with Gasteiger partial charge < -0.3 is 4.74 Å². The first-order valence-corrected chi connectivity index (χ1v) is 5.80. The topological polar surface area (TPSA) is 27.1 Å². The highest BCUT2D eigenvalue weighted by molar-refractivity contribution is 5.53. The lowest BCUT2D eigenvalue weighted by molar-refractivity contribution is -0.0396. The summed E-state index contributed by atoms with van der Waals surface area (Å²) >= 11 is 0. The average molecular weight is 204 g/mol. The van der Waals surface area contributed by atoms with Crippen molar-refractivity contribution in [3.63, 3.8) is 0 Å². The second kappa shape index (κ2) is 3.81. The highest BCUT2D eigenvalue weighted by Gasteiger charge is 2.18. The van der Waals surface area contributed by atoms with Crippen LogP contribution in [0.2, 0.25) is 0 Å². The quantitative estimate of drug-likeness (QED) is 0.703. The smallest absolute Gasteiger partial charge is 0.150 e. The van der Waals surface area contributed by atoms with Gasteiger partial charge in [0, 0.05) is 18.4 Å². The van der Waals surface area contributed by atoms with Crippen molar-refractivity contribution in [1.29, 1.82) is 0 Å². The molecule has 2 aliphatic rings. The summed E-state index contributed by atoms with van der Waals surface area (Å²) in [7, 11) is 0. The van der Waals surface area contributed by atoms with Crippen LogP contribution in [0.1, 0.15) is 43.2 Å². The maximum atomic E-state index is 5.72. The molecule has 1 aliphatic carbocycles. The number of aromatic nitrogens is 2. The van der Waals surface area contributed by atoms with Crippen molar-refractivity contribution in [3.05, 3.63) is 23.5 Å². The number of allylic oxidation sites excluding steroid dienone is 1. The van der Waals surface area contributed by atoms with Crippen LogP contribution in [0.4, 0.5) is 0 Å². The molecule has 1 aliphatic heterocycles. The number of hydrogen-bond acceptors (Lipinski definition) is 2. The van der Waals surface area contributed by atoms with Gasteiger partial charge in [0.15, 0.2) is 0 Å². The Labute approximate surface area is 89.7 Å². The van der Waals surface area contributed by atoms with Gasteiger partial charge in [-0.25, -0.2) is 4.68 Å². The predicted octanol–water partition coefficient (Wildman–Crippen LogP) is 2.54. The van der Waals surface area contributed by atoms with E-state index in [2.05, 4.69) is 23.4 Å². The molecule has 1 aromatic heterocycles. The zero-order chi connectivity index (χ0) is 10.1. The summed E-state index contributed by atoms with van der Waals surface area (Å²) in [5, 5.41) is 4.61. The molecule has 0 aromatic carbocycles. The lowest BCUT2D eigenvalue weighted by atomic mass is 10.1. The molecule has 0 radical (unpaired) electrons. The number of hydrogen-bond donors (Lipinski definition) is 0. The number of aryl methyl sites for hydroxylation is 1. The van der Waals surface area contributed by atoms with E-state index in [4.69, 9.17) is 4.74 Å². The zero-order valence-corrected chi connectivity index (χ0v) is 8.85. The molecular formula is C12H16N2O. The van der Waals surface area contributed by atoms with Gasteiger partial charge in [0.05, 0.1) is 5.69 Å². The number of ether oxygens (including phenoxy) is 1. The molecule has 1 aromatic rings.